The monoisotopic (exact) mass is 238 g/mol. The summed E-state index contributed by atoms with van der Waals surface area (Å²) in [7, 11) is 0. The first-order valence-corrected chi connectivity index (χ1v) is 5.78. The fourth-order valence-electron chi connectivity index (χ4n) is 1.57. The Balaban J connectivity index is 2.38. The average Bonchev–Trinajstić information content (AvgIpc) is 2.54. The average molecular weight is 238 g/mol. The first-order valence-electron chi connectivity index (χ1n) is 7.78. The zero-order valence-corrected chi connectivity index (χ0v) is 10.2. The highest BCUT2D eigenvalue weighted by Gasteiger charge is 2.01. The number of benzene rings is 2. The van der Waals surface area contributed by atoms with Gasteiger partial charge in [0.1, 0.15) is 0 Å². The van der Waals surface area contributed by atoms with E-state index in [0.717, 1.165) is 0 Å². The molecule has 0 heterocycles. The molecule has 90 valence electrons. The molecule has 0 heteroatoms. The molecule has 0 aliphatic rings. The van der Waals surface area contributed by atoms with Crippen molar-refractivity contribution in [3.8, 4) is 0 Å². The van der Waals surface area contributed by atoms with E-state index in [0.29, 0.717) is 11.1 Å². The van der Waals surface area contributed by atoms with Crippen molar-refractivity contribution >= 4 is 11.1 Å². The van der Waals surface area contributed by atoms with Gasteiger partial charge in [0, 0.05) is 5.48 Å². The van der Waals surface area contributed by atoms with E-state index >= 15 is 0 Å². The molecule has 0 unspecified atom stereocenters. The molecule has 0 fully saturated rings. The fourth-order valence-corrected chi connectivity index (χ4v) is 1.57. The van der Waals surface area contributed by atoms with Gasteiger partial charge in [0.15, 0.2) is 0 Å². The van der Waals surface area contributed by atoms with Gasteiger partial charge in [-0.1, -0.05) is 73.8 Å². The molecule has 0 saturated heterocycles. The summed E-state index contributed by atoms with van der Waals surface area (Å²) in [5.41, 5.74) is 1.37. The van der Waals surface area contributed by atoms with Gasteiger partial charge in [-0.25, -0.2) is 0 Å². The quantitative estimate of drug-likeness (QED) is 0.672. The van der Waals surface area contributed by atoms with Crippen molar-refractivity contribution in [2.75, 3.05) is 0 Å². The molecule has 0 atom stereocenters. The zero-order chi connectivity index (χ0) is 16.4. The Morgan fingerprint density at radius 3 is 1.39 bits per heavy atom. The normalized spacial score (nSPS) is 14.9. The summed E-state index contributed by atoms with van der Waals surface area (Å²) in [6.45, 7) is 7.57. The standard InChI is InChI=1S/C18H18/c1-15(17-9-5-3-6-10-17)13-14-16(2)18-11-7-4-8-12-18/h3-12H,1-2,13-14H2/i13D2,14D2. The van der Waals surface area contributed by atoms with Crippen LogP contribution in [0.5, 0.6) is 0 Å². The molecular weight excluding hydrogens is 216 g/mol. The molecular formula is C18H18. The second-order valence-corrected chi connectivity index (χ2v) is 3.94. The lowest BCUT2D eigenvalue weighted by Gasteiger charge is -2.08. The molecule has 0 saturated carbocycles. The Morgan fingerprint density at radius 1 is 0.722 bits per heavy atom. The van der Waals surface area contributed by atoms with Crippen LogP contribution in [0, 0.1) is 0 Å². The summed E-state index contributed by atoms with van der Waals surface area (Å²) >= 11 is 0. The Morgan fingerprint density at radius 2 is 1.06 bits per heavy atom. The first-order chi connectivity index (χ1) is 10.3. The number of hydrogen-bond acceptors (Lipinski definition) is 0. The third kappa shape index (κ3) is 3.21. The van der Waals surface area contributed by atoms with Gasteiger partial charge in [-0.15, -0.1) is 0 Å². The molecule has 18 heavy (non-hydrogen) atoms. The predicted molar refractivity (Wildman–Crippen MR) is 80.2 cm³/mol. The summed E-state index contributed by atoms with van der Waals surface area (Å²) in [4.78, 5) is 0. The summed E-state index contributed by atoms with van der Waals surface area (Å²) < 4.78 is 33.1. The third-order valence-corrected chi connectivity index (χ3v) is 2.61. The van der Waals surface area contributed by atoms with Gasteiger partial charge in [-0.05, 0) is 35.0 Å². The van der Waals surface area contributed by atoms with Gasteiger partial charge in [-0.2, -0.15) is 0 Å². The van der Waals surface area contributed by atoms with Crippen molar-refractivity contribution in [1.82, 2.24) is 0 Å². The first kappa shape index (κ1) is 8.10. The van der Waals surface area contributed by atoms with Crippen LogP contribution < -0.4 is 0 Å². The number of hydrogen-bond donors (Lipinski definition) is 0. The van der Waals surface area contributed by atoms with Crippen molar-refractivity contribution in [3.63, 3.8) is 0 Å². The molecule has 0 amide bonds. The Kier molecular flexibility index (Phi) is 2.71. The lowest BCUT2D eigenvalue weighted by Crippen LogP contribution is -1.86. The molecule has 0 bridgehead atoms. The Labute approximate surface area is 115 Å². The van der Waals surface area contributed by atoms with E-state index in [-0.39, 0.29) is 11.1 Å². The minimum atomic E-state index is -2.28. The zero-order valence-electron chi connectivity index (χ0n) is 14.2. The molecule has 0 aliphatic carbocycles. The fraction of sp³-hybridized carbons (Fsp3) is 0.111. The van der Waals surface area contributed by atoms with Crippen molar-refractivity contribution < 1.29 is 5.48 Å². The summed E-state index contributed by atoms with van der Waals surface area (Å²) in [6, 6.07) is 17.6. The molecule has 0 aromatic heterocycles. The molecule has 2 rings (SSSR count). The van der Waals surface area contributed by atoms with E-state index in [1.165, 1.54) is 0 Å². The van der Waals surface area contributed by atoms with Crippen LogP contribution in [0.15, 0.2) is 73.8 Å². The van der Waals surface area contributed by atoms with Gasteiger partial charge in [0.2, 0.25) is 0 Å². The second-order valence-electron chi connectivity index (χ2n) is 3.94. The van der Waals surface area contributed by atoms with Crippen molar-refractivity contribution in [2.24, 2.45) is 0 Å². The molecule has 0 aliphatic heterocycles. The lowest BCUT2D eigenvalue weighted by atomic mass is 9.97. The van der Waals surface area contributed by atoms with Crippen molar-refractivity contribution in [1.29, 1.82) is 0 Å². The largest absolute Gasteiger partial charge is 0.0952 e. The van der Waals surface area contributed by atoms with E-state index in [9.17, 15) is 0 Å². The minimum Gasteiger partial charge on any atom is -0.0952 e. The number of allylic oxidation sites excluding steroid dienone is 2. The summed E-state index contributed by atoms with van der Waals surface area (Å²) in [5.74, 6) is 0. The van der Waals surface area contributed by atoms with Crippen LogP contribution in [-0.2, 0) is 0 Å². The smallest absolute Gasteiger partial charge is 0.0319 e. The Hall–Kier alpha value is -2.08. The molecule has 0 radical (unpaired) electrons. The van der Waals surface area contributed by atoms with Gasteiger partial charge in [0.05, 0.1) is 0 Å². The van der Waals surface area contributed by atoms with E-state index in [4.69, 9.17) is 5.48 Å². The van der Waals surface area contributed by atoms with Gasteiger partial charge in [-0.3, -0.25) is 0 Å². The van der Waals surface area contributed by atoms with Crippen LogP contribution in [0.25, 0.3) is 11.1 Å². The maximum Gasteiger partial charge on any atom is 0.0319 e. The van der Waals surface area contributed by atoms with Crippen LogP contribution in [0.3, 0.4) is 0 Å². The lowest BCUT2D eigenvalue weighted by molar-refractivity contribution is 1.09. The van der Waals surface area contributed by atoms with E-state index < -0.39 is 12.7 Å². The SMILES string of the molecule is [2H]C([2H])(C(=C)c1ccccc1)C([2H])([2H])C(=C)c1ccccc1. The highest BCUT2D eigenvalue weighted by molar-refractivity contribution is 5.68. The molecule has 2 aromatic carbocycles. The third-order valence-electron chi connectivity index (χ3n) is 2.61. The van der Waals surface area contributed by atoms with Crippen LogP contribution in [0.1, 0.15) is 29.4 Å². The highest BCUT2D eigenvalue weighted by atomic mass is 14.1. The topological polar surface area (TPSA) is 0 Å². The van der Waals surface area contributed by atoms with Gasteiger partial charge < -0.3 is 0 Å². The van der Waals surface area contributed by atoms with Crippen LogP contribution >= 0.6 is 0 Å². The van der Waals surface area contributed by atoms with Crippen molar-refractivity contribution in [3.05, 3.63) is 84.9 Å². The molecule has 0 nitrogen and oxygen atoms in total. The maximum atomic E-state index is 8.28. The number of rotatable bonds is 5. The molecule has 0 spiro atoms. The highest BCUT2D eigenvalue weighted by Crippen LogP contribution is 2.24. The second kappa shape index (κ2) is 6.02. The molecule has 2 aromatic rings. The van der Waals surface area contributed by atoms with Gasteiger partial charge >= 0.3 is 0 Å². The van der Waals surface area contributed by atoms with Crippen LogP contribution in [0.2, 0.25) is 0 Å². The summed E-state index contributed by atoms with van der Waals surface area (Å²) in [5, 5.41) is 0. The van der Waals surface area contributed by atoms with E-state index in [1.807, 2.05) is 12.1 Å². The van der Waals surface area contributed by atoms with Gasteiger partial charge in [0.25, 0.3) is 0 Å². The Bertz CT molecular complexity index is 611. The van der Waals surface area contributed by atoms with E-state index in [1.54, 1.807) is 48.5 Å². The van der Waals surface area contributed by atoms with Crippen LogP contribution in [0.4, 0.5) is 0 Å². The van der Waals surface area contributed by atoms with E-state index in [2.05, 4.69) is 13.2 Å². The summed E-state index contributed by atoms with van der Waals surface area (Å²) in [6.07, 6.45) is -4.55. The maximum absolute atomic E-state index is 8.28. The minimum absolute atomic E-state index is 0.107. The van der Waals surface area contributed by atoms with Crippen molar-refractivity contribution in [2.45, 2.75) is 12.7 Å². The molecule has 0 N–H and O–H groups in total. The predicted octanol–water partition coefficient (Wildman–Crippen LogP) is 5.19. The van der Waals surface area contributed by atoms with Crippen LogP contribution in [-0.4, -0.2) is 0 Å².